The van der Waals surface area contributed by atoms with E-state index in [0.717, 1.165) is 31.7 Å². The zero-order chi connectivity index (χ0) is 14.7. The number of nitrogens with one attached hydrogen (secondary N) is 1. The van der Waals surface area contributed by atoms with Crippen LogP contribution in [0.1, 0.15) is 5.89 Å². The Morgan fingerprint density at radius 1 is 1.38 bits per heavy atom. The molecule has 112 valence electrons. The number of benzene rings is 1. The molecule has 0 unspecified atom stereocenters. The molecule has 0 atom stereocenters. The van der Waals surface area contributed by atoms with Gasteiger partial charge in [-0.15, -0.1) is 0 Å². The molecule has 0 radical (unpaired) electrons. The lowest BCUT2D eigenvalue weighted by molar-refractivity contribution is 0.203. The van der Waals surface area contributed by atoms with Crippen LogP contribution < -0.4 is 10.1 Å². The molecule has 2 aromatic rings. The molecular weight excluding hydrogens is 272 g/mol. The predicted molar refractivity (Wildman–Crippen MR) is 76.1 cm³/mol. The maximum absolute atomic E-state index is 9.60. The molecule has 21 heavy (non-hydrogen) atoms. The smallest absolute Gasteiger partial charge is 0.241 e. The number of nitrogens with zero attached hydrogens (tertiary/aromatic N) is 3. The van der Waals surface area contributed by atoms with E-state index in [1.165, 1.54) is 7.11 Å². The first-order chi connectivity index (χ1) is 10.3. The minimum absolute atomic E-state index is 0.0887. The number of ether oxygens (including phenoxy) is 1. The molecule has 1 fully saturated rings. The highest BCUT2D eigenvalue weighted by Gasteiger charge is 2.15. The molecule has 0 amide bonds. The van der Waals surface area contributed by atoms with Gasteiger partial charge in [-0.1, -0.05) is 5.16 Å². The van der Waals surface area contributed by atoms with Crippen molar-refractivity contribution >= 4 is 0 Å². The van der Waals surface area contributed by atoms with Crippen molar-refractivity contribution in [1.82, 2.24) is 20.4 Å². The number of aromatic nitrogens is 2. The van der Waals surface area contributed by atoms with Gasteiger partial charge in [0.05, 0.1) is 13.7 Å². The highest BCUT2D eigenvalue weighted by atomic mass is 16.5. The predicted octanol–water partition coefficient (Wildman–Crippen LogP) is 0.856. The van der Waals surface area contributed by atoms with E-state index in [1.54, 1.807) is 18.2 Å². The van der Waals surface area contributed by atoms with Crippen LogP contribution in [-0.2, 0) is 6.54 Å². The third-order valence-electron chi connectivity index (χ3n) is 3.47. The van der Waals surface area contributed by atoms with E-state index in [1.807, 2.05) is 0 Å². The van der Waals surface area contributed by atoms with Crippen molar-refractivity contribution in [2.75, 3.05) is 33.3 Å². The standard InChI is InChI=1S/C14H18N4O3/c1-20-12-8-10(2-3-11(12)19)14-16-13(21-17-14)9-18-6-4-15-5-7-18/h2-3,8,15,19H,4-7,9H2,1H3. The summed E-state index contributed by atoms with van der Waals surface area (Å²) in [6.45, 7) is 4.58. The summed E-state index contributed by atoms with van der Waals surface area (Å²) < 4.78 is 10.4. The molecule has 7 heteroatoms. The first-order valence-corrected chi connectivity index (χ1v) is 6.89. The number of phenols is 1. The van der Waals surface area contributed by atoms with E-state index in [0.29, 0.717) is 24.0 Å². The van der Waals surface area contributed by atoms with E-state index in [9.17, 15) is 5.11 Å². The van der Waals surface area contributed by atoms with E-state index < -0.39 is 0 Å². The zero-order valence-corrected chi connectivity index (χ0v) is 11.9. The van der Waals surface area contributed by atoms with Gasteiger partial charge >= 0.3 is 0 Å². The Hall–Kier alpha value is -2.12. The van der Waals surface area contributed by atoms with Crippen molar-refractivity contribution in [3.63, 3.8) is 0 Å². The number of piperazine rings is 1. The lowest BCUT2D eigenvalue weighted by Gasteiger charge is -2.25. The van der Waals surface area contributed by atoms with Gasteiger partial charge in [-0.25, -0.2) is 0 Å². The average molecular weight is 290 g/mol. The fourth-order valence-electron chi connectivity index (χ4n) is 2.31. The molecule has 1 aromatic carbocycles. The fourth-order valence-corrected chi connectivity index (χ4v) is 2.31. The van der Waals surface area contributed by atoms with Crippen molar-refractivity contribution in [2.45, 2.75) is 6.54 Å². The molecule has 0 aliphatic carbocycles. The molecule has 7 nitrogen and oxygen atoms in total. The Balaban J connectivity index is 1.74. The molecule has 3 rings (SSSR count). The van der Waals surface area contributed by atoms with Gasteiger partial charge < -0.3 is 19.7 Å². The van der Waals surface area contributed by atoms with E-state index in [4.69, 9.17) is 9.26 Å². The molecular formula is C14H18N4O3. The summed E-state index contributed by atoms with van der Waals surface area (Å²) in [4.78, 5) is 6.67. The second-order valence-electron chi connectivity index (χ2n) is 4.92. The van der Waals surface area contributed by atoms with E-state index in [2.05, 4.69) is 20.4 Å². The Labute approximate surface area is 122 Å². The minimum Gasteiger partial charge on any atom is -0.504 e. The molecule has 2 N–H and O–H groups in total. The van der Waals surface area contributed by atoms with Gasteiger partial charge in [0.25, 0.3) is 0 Å². The summed E-state index contributed by atoms with van der Waals surface area (Å²) in [5.41, 5.74) is 0.750. The lowest BCUT2D eigenvalue weighted by atomic mass is 10.2. The van der Waals surface area contributed by atoms with Crippen molar-refractivity contribution in [2.24, 2.45) is 0 Å². The summed E-state index contributed by atoms with van der Waals surface area (Å²) in [6.07, 6.45) is 0. The van der Waals surface area contributed by atoms with E-state index >= 15 is 0 Å². The highest BCUT2D eigenvalue weighted by molar-refractivity contribution is 5.60. The van der Waals surface area contributed by atoms with E-state index in [-0.39, 0.29) is 5.75 Å². The highest BCUT2D eigenvalue weighted by Crippen LogP contribution is 2.30. The second-order valence-corrected chi connectivity index (χ2v) is 4.92. The first-order valence-electron chi connectivity index (χ1n) is 6.89. The Morgan fingerprint density at radius 2 is 2.19 bits per heavy atom. The van der Waals surface area contributed by atoms with Crippen LogP contribution in [0.5, 0.6) is 11.5 Å². The largest absolute Gasteiger partial charge is 0.504 e. The molecule has 0 saturated carbocycles. The van der Waals surface area contributed by atoms with Crippen LogP contribution >= 0.6 is 0 Å². The topological polar surface area (TPSA) is 83.7 Å². The number of phenolic OH excluding ortho intramolecular Hbond substituents is 1. The van der Waals surface area contributed by atoms with Gasteiger partial charge in [0.2, 0.25) is 11.7 Å². The van der Waals surface area contributed by atoms with Gasteiger partial charge in [-0.05, 0) is 18.2 Å². The molecule has 1 aromatic heterocycles. The SMILES string of the molecule is COc1cc(-c2noc(CN3CCNCC3)n2)ccc1O. The molecule has 0 spiro atoms. The van der Waals surface area contributed by atoms with Crippen molar-refractivity contribution < 1.29 is 14.4 Å². The van der Waals surface area contributed by atoms with Crippen LogP contribution in [0.2, 0.25) is 0 Å². The van der Waals surface area contributed by atoms with Crippen LogP contribution in [0.3, 0.4) is 0 Å². The molecule has 1 aliphatic heterocycles. The van der Waals surface area contributed by atoms with Gasteiger partial charge in [0, 0.05) is 31.7 Å². The normalized spacial score (nSPS) is 16.0. The van der Waals surface area contributed by atoms with Gasteiger partial charge in [-0.2, -0.15) is 4.98 Å². The quantitative estimate of drug-likeness (QED) is 0.863. The van der Waals surface area contributed by atoms with Crippen LogP contribution in [0.4, 0.5) is 0 Å². The van der Waals surface area contributed by atoms with Crippen LogP contribution in [-0.4, -0.2) is 53.4 Å². The van der Waals surface area contributed by atoms with Crippen molar-refractivity contribution in [3.05, 3.63) is 24.1 Å². The molecule has 0 bridgehead atoms. The fraction of sp³-hybridized carbons (Fsp3) is 0.429. The summed E-state index contributed by atoms with van der Waals surface area (Å²) in [7, 11) is 1.50. The maximum Gasteiger partial charge on any atom is 0.241 e. The third-order valence-corrected chi connectivity index (χ3v) is 3.47. The Bertz CT molecular complexity index is 608. The summed E-state index contributed by atoms with van der Waals surface area (Å²) in [5, 5.41) is 16.9. The van der Waals surface area contributed by atoms with Gasteiger partial charge in [0.1, 0.15) is 0 Å². The molecule has 2 heterocycles. The molecule has 1 aliphatic rings. The van der Waals surface area contributed by atoms with Gasteiger partial charge in [-0.3, -0.25) is 4.90 Å². The third kappa shape index (κ3) is 3.14. The average Bonchev–Trinajstić information content (AvgIpc) is 2.97. The second kappa shape index (κ2) is 6.11. The number of rotatable bonds is 4. The summed E-state index contributed by atoms with van der Waals surface area (Å²) >= 11 is 0. The number of aromatic hydroxyl groups is 1. The Kier molecular flexibility index (Phi) is 4.03. The van der Waals surface area contributed by atoms with Crippen LogP contribution in [0.15, 0.2) is 22.7 Å². The van der Waals surface area contributed by atoms with Crippen LogP contribution in [0, 0.1) is 0 Å². The first kappa shape index (κ1) is 13.8. The summed E-state index contributed by atoms with van der Waals surface area (Å²) in [5.74, 6) is 1.57. The number of methoxy groups -OCH3 is 1. The molecule has 1 saturated heterocycles. The summed E-state index contributed by atoms with van der Waals surface area (Å²) in [6, 6.07) is 4.98. The van der Waals surface area contributed by atoms with Crippen LogP contribution in [0.25, 0.3) is 11.4 Å². The van der Waals surface area contributed by atoms with Gasteiger partial charge in [0.15, 0.2) is 11.5 Å². The number of hydrogen-bond acceptors (Lipinski definition) is 7. The van der Waals surface area contributed by atoms with Crippen molar-refractivity contribution in [3.8, 4) is 22.9 Å². The minimum atomic E-state index is 0.0887. The lowest BCUT2D eigenvalue weighted by Crippen LogP contribution is -2.42. The monoisotopic (exact) mass is 290 g/mol. The Morgan fingerprint density at radius 3 is 2.95 bits per heavy atom. The number of hydrogen-bond donors (Lipinski definition) is 2. The maximum atomic E-state index is 9.60. The zero-order valence-electron chi connectivity index (χ0n) is 11.9. The van der Waals surface area contributed by atoms with Crippen molar-refractivity contribution in [1.29, 1.82) is 0 Å².